The molecule has 17 heavy (non-hydrogen) atoms. The number of aliphatic hydroxyl groups is 1. The molecule has 1 aromatic heterocycles. The van der Waals surface area contributed by atoms with E-state index in [1.165, 1.54) is 0 Å². The summed E-state index contributed by atoms with van der Waals surface area (Å²) in [6.45, 7) is 2.71. The van der Waals surface area contributed by atoms with Gasteiger partial charge in [0.05, 0.1) is 24.2 Å². The van der Waals surface area contributed by atoms with E-state index in [4.69, 9.17) is 4.74 Å². The van der Waals surface area contributed by atoms with Gasteiger partial charge >= 0.3 is 0 Å². The van der Waals surface area contributed by atoms with Gasteiger partial charge in [-0.15, -0.1) is 5.10 Å². The number of aromatic nitrogens is 3. The zero-order chi connectivity index (χ0) is 12.1. The minimum absolute atomic E-state index is 0.247. The summed E-state index contributed by atoms with van der Waals surface area (Å²) in [7, 11) is 0. The van der Waals surface area contributed by atoms with Crippen molar-refractivity contribution >= 4 is 0 Å². The van der Waals surface area contributed by atoms with Crippen LogP contribution in [0, 0.1) is 0 Å². The van der Waals surface area contributed by atoms with Crippen LogP contribution in [0.5, 0.6) is 0 Å². The Kier molecular flexibility index (Phi) is 3.85. The number of nitrogens with zero attached hydrogens (tertiary/aromatic N) is 3. The van der Waals surface area contributed by atoms with Crippen LogP contribution in [0.4, 0.5) is 0 Å². The van der Waals surface area contributed by atoms with Gasteiger partial charge in [0.2, 0.25) is 0 Å². The number of hydrogen-bond donors (Lipinski definition) is 1. The Bertz CT molecular complexity index is 456. The summed E-state index contributed by atoms with van der Waals surface area (Å²) in [5.41, 5.74) is 1.50. The first-order valence-corrected chi connectivity index (χ1v) is 5.54. The van der Waals surface area contributed by atoms with Crippen LogP contribution < -0.4 is 0 Å². The Morgan fingerprint density at radius 2 is 2.12 bits per heavy atom. The predicted molar refractivity (Wildman–Crippen MR) is 62.8 cm³/mol. The van der Waals surface area contributed by atoms with Crippen LogP contribution in [0.15, 0.2) is 36.5 Å². The molecule has 5 nitrogen and oxygen atoms in total. The Labute approximate surface area is 99.7 Å². The van der Waals surface area contributed by atoms with Crippen LogP contribution in [0.1, 0.15) is 18.7 Å². The zero-order valence-electron chi connectivity index (χ0n) is 9.65. The van der Waals surface area contributed by atoms with Gasteiger partial charge in [0.15, 0.2) is 0 Å². The minimum Gasteiger partial charge on any atom is -0.384 e. The molecular formula is C12H15N3O2. The predicted octanol–water partition coefficient (Wildman–Crippen LogP) is 1.34. The molecule has 1 N–H and O–H groups in total. The molecule has 2 rings (SSSR count). The van der Waals surface area contributed by atoms with E-state index in [0.29, 0.717) is 12.3 Å². The third kappa shape index (κ3) is 2.69. The number of ether oxygens (including phenoxy) is 1. The first kappa shape index (κ1) is 11.8. The average Bonchev–Trinajstić information content (AvgIpc) is 2.86. The highest BCUT2D eigenvalue weighted by molar-refractivity contribution is 5.31. The number of rotatable bonds is 5. The maximum atomic E-state index is 9.96. The Balaban J connectivity index is 2.23. The van der Waals surface area contributed by atoms with E-state index in [1.54, 1.807) is 10.9 Å². The fourth-order valence-electron chi connectivity index (χ4n) is 1.55. The van der Waals surface area contributed by atoms with Crippen molar-refractivity contribution in [2.45, 2.75) is 13.0 Å². The van der Waals surface area contributed by atoms with Crippen LogP contribution >= 0.6 is 0 Å². The van der Waals surface area contributed by atoms with Crippen molar-refractivity contribution in [2.24, 2.45) is 0 Å². The number of benzene rings is 1. The third-order valence-corrected chi connectivity index (χ3v) is 2.40. The lowest BCUT2D eigenvalue weighted by atomic mass is 10.2. The lowest BCUT2D eigenvalue weighted by Crippen LogP contribution is -2.12. The van der Waals surface area contributed by atoms with Crippen molar-refractivity contribution in [2.75, 3.05) is 13.2 Å². The number of para-hydroxylation sites is 1. The van der Waals surface area contributed by atoms with Gasteiger partial charge in [-0.05, 0) is 19.1 Å². The van der Waals surface area contributed by atoms with Crippen molar-refractivity contribution in [1.82, 2.24) is 15.0 Å². The normalized spacial score (nSPS) is 12.6. The zero-order valence-corrected chi connectivity index (χ0v) is 9.65. The standard InChI is InChI=1S/C12H15N3O2/c1-2-17-9-12(16)11-8-13-14-15(11)10-6-4-3-5-7-10/h3-8,12,16H,2,9H2,1H3. The molecule has 0 aliphatic carbocycles. The molecule has 0 fully saturated rings. The molecule has 1 atom stereocenters. The molecule has 1 unspecified atom stereocenters. The van der Waals surface area contributed by atoms with Gasteiger partial charge in [0, 0.05) is 6.61 Å². The second-order valence-electron chi connectivity index (χ2n) is 3.58. The summed E-state index contributed by atoms with van der Waals surface area (Å²) in [6.07, 6.45) is 0.835. The van der Waals surface area contributed by atoms with Crippen molar-refractivity contribution in [3.05, 3.63) is 42.2 Å². The Morgan fingerprint density at radius 1 is 1.35 bits per heavy atom. The fourth-order valence-corrected chi connectivity index (χ4v) is 1.55. The monoisotopic (exact) mass is 233 g/mol. The molecule has 0 aliphatic rings. The quantitative estimate of drug-likeness (QED) is 0.846. The summed E-state index contributed by atoms with van der Waals surface area (Å²) >= 11 is 0. The van der Waals surface area contributed by atoms with Crippen LogP contribution in [0.3, 0.4) is 0 Å². The summed E-state index contributed by atoms with van der Waals surface area (Å²) in [6, 6.07) is 9.57. The van der Waals surface area contributed by atoms with Crippen molar-refractivity contribution in [3.63, 3.8) is 0 Å². The topological polar surface area (TPSA) is 60.2 Å². The first-order chi connectivity index (χ1) is 8.33. The minimum atomic E-state index is -0.717. The summed E-state index contributed by atoms with van der Waals surface area (Å²) < 4.78 is 6.81. The molecule has 0 radical (unpaired) electrons. The second kappa shape index (κ2) is 5.56. The van der Waals surface area contributed by atoms with Crippen molar-refractivity contribution in [1.29, 1.82) is 0 Å². The van der Waals surface area contributed by atoms with E-state index in [9.17, 15) is 5.11 Å². The highest BCUT2D eigenvalue weighted by Crippen LogP contribution is 2.16. The molecule has 1 aromatic carbocycles. The smallest absolute Gasteiger partial charge is 0.121 e. The lowest BCUT2D eigenvalue weighted by Gasteiger charge is -2.11. The molecule has 0 spiro atoms. The summed E-state index contributed by atoms with van der Waals surface area (Å²) in [5, 5.41) is 17.7. The van der Waals surface area contributed by atoms with Gasteiger partial charge in [-0.1, -0.05) is 23.4 Å². The maximum absolute atomic E-state index is 9.96. The molecule has 0 saturated heterocycles. The number of hydrogen-bond acceptors (Lipinski definition) is 4. The Hall–Kier alpha value is -1.72. The van der Waals surface area contributed by atoms with Gasteiger partial charge in [-0.25, -0.2) is 4.68 Å². The molecular weight excluding hydrogens is 218 g/mol. The fraction of sp³-hybridized carbons (Fsp3) is 0.333. The largest absolute Gasteiger partial charge is 0.384 e. The van der Waals surface area contributed by atoms with Crippen LogP contribution in [-0.4, -0.2) is 33.3 Å². The first-order valence-electron chi connectivity index (χ1n) is 5.54. The van der Waals surface area contributed by atoms with E-state index in [2.05, 4.69) is 10.3 Å². The molecule has 0 bridgehead atoms. The van der Waals surface area contributed by atoms with Crippen LogP contribution in [-0.2, 0) is 4.74 Å². The van der Waals surface area contributed by atoms with E-state index in [-0.39, 0.29) is 6.61 Å². The Morgan fingerprint density at radius 3 is 2.82 bits per heavy atom. The van der Waals surface area contributed by atoms with E-state index < -0.39 is 6.10 Å². The van der Waals surface area contributed by atoms with Gasteiger partial charge in [-0.3, -0.25) is 0 Å². The van der Waals surface area contributed by atoms with E-state index in [0.717, 1.165) is 5.69 Å². The van der Waals surface area contributed by atoms with Crippen LogP contribution in [0.25, 0.3) is 5.69 Å². The molecule has 1 heterocycles. The highest BCUT2D eigenvalue weighted by Gasteiger charge is 2.15. The summed E-state index contributed by atoms with van der Waals surface area (Å²) in [5.74, 6) is 0. The second-order valence-corrected chi connectivity index (χ2v) is 3.58. The molecule has 0 saturated carbocycles. The number of aliphatic hydroxyl groups excluding tert-OH is 1. The summed E-state index contributed by atoms with van der Waals surface area (Å²) in [4.78, 5) is 0. The SMILES string of the molecule is CCOCC(O)c1cnnn1-c1ccccc1. The van der Waals surface area contributed by atoms with Gasteiger partial charge in [0.1, 0.15) is 6.10 Å². The van der Waals surface area contributed by atoms with Gasteiger partial charge in [-0.2, -0.15) is 0 Å². The highest BCUT2D eigenvalue weighted by atomic mass is 16.5. The molecule has 5 heteroatoms. The molecule has 2 aromatic rings. The van der Waals surface area contributed by atoms with Crippen molar-refractivity contribution < 1.29 is 9.84 Å². The van der Waals surface area contributed by atoms with E-state index >= 15 is 0 Å². The van der Waals surface area contributed by atoms with E-state index in [1.807, 2.05) is 37.3 Å². The average molecular weight is 233 g/mol. The van der Waals surface area contributed by atoms with Gasteiger partial charge in [0.25, 0.3) is 0 Å². The molecule has 0 aliphatic heterocycles. The van der Waals surface area contributed by atoms with Gasteiger partial charge < -0.3 is 9.84 Å². The molecule has 90 valence electrons. The van der Waals surface area contributed by atoms with Crippen LogP contribution in [0.2, 0.25) is 0 Å². The maximum Gasteiger partial charge on any atom is 0.121 e. The third-order valence-electron chi connectivity index (χ3n) is 2.40. The lowest BCUT2D eigenvalue weighted by molar-refractivity contribution is 0.0385. The molecule has 0 amide bonds. The van der Waals surface area contributed by atoms with Crippen molar-refractivity contribution in [3.8, 4) is 5.69 Å².